The van der Waals surface area contributed by atoms with Gasteiger partial charge in [-0.1, -0.05) is 23.9 Å². The van der Waals surface area contributed by atoms with Gasteiger partial charge in [0, 0.05) is 11.8 Å². The quantitative estimate of drug-likeness (QED) is 0.217. The Morgan fingerprint density at radius 2 is 1.63 bits per heavy atom. The van der Waals surface area contributed by atoms with Crippen molar-refractivity contribution in [1.29, 1.82) is 0 Å². The number of H-pyrrole nitrogens is 1. The fraction of sp³-hybridized carbons (Fsp3) is 0.222. The number of carbonyl (C=O) groups excluding carboxylic acids is 2. The smallest absolute Gasteiger partial charge is 0.286 e. The van der Waals surface area contributed by atoms with E-state index in [0.29, 0.717) is 23.7 Å². The zero-order valence-corrected chi connectivity index (χ0v) is 23.4. The number of hydrogen-bond donors (Lipinski definition) is 3. The van der Waals surface area contributed by atoms with Crippen LogP contribution in [0.25, 0.3) is 11.0 Å². The number of aromatic amines is 1. The molecule has 1 aliphatic heterocycles. The number of carbonyl (C=O) groups is 2. The summed E-state index contributed by atoms with van der Waals surface area (Å²) in [7, 11) is 0. The second-order valence-corrected chi connectivity index (χ2v) is 10.0. The number of amides is 2. The molecule has 1 saturated heterocycles. The Morgan fingerprint density at radius 3 is 2.26 bits per heavy atom. The van der Waals surface area contributed by atoms with Crippen LogP contribution in [0.5, 0.6) is 17.2 Å². The monoisotopic (exact) mass is 574 g/mol. The number of nitrogens with two attached hydrogens (primary N) is 1. The number of halogens is 2. The van der Waals surface area contributed by atoms with Crippen LogP contribution < -0.4 is 20.5 Å². The molecular formula is C27H28Cl2N4O4S. The third-order valence-corrected chi connectivity index (χ3v) is 7.07. The number of ether oxygens (including phenoxy) is 2. The molecule has 1 aromatic heterocycles. The van der Waals surface area contributed by atoms with E-state index in [2.05, 4.69) is 15.3 Å². The van der Waals surface area contributed by atoms with Gasteiger partial charge in [-0.25, -0.2) is 4.98 Å². The normalized spacial score (nSPS) is 15.4. The van der Waals surface area contributed by atoms with Crippen LogP contribution >= 0.6 is 36.6 Å². The van der Waals surface area contributed by atoms with Crippen molar-refractivity contribution in [3.05, 3.63) is 77.1 Å². The number of aromatic nitrogens is 2. The Hall–Kier alpha value is -3.40. The summed E-state index contributed by atoms with van der Waals surface area (Å²) in [6.45, 7) is 5.85. The predicted octanol–water partition coefficient (Wildman–Crippen LogP) is 6.43. The number of rotatable bonds is 7. The highest BCUT2D eigenvalue weighted by Gasteiger charge is 2.31. The largest absolute Gasteiger partial charge is 0.483 e. The van der Waals surface area contributed by atoms with Crippen LogP contribution in [0.15, 0.2) is 54.6 Å². The first-order valence-electron chi connectivity index (χ1n) is 11.6. The summed E-state index contributed by atoms with van der Waals surface area (Å²) >= 11 is 1.03. The van der Waals surface area contributed by atoms with Crippen molar-refractivity contribution >= 4 is 64.4 Å². The fourth-order valence-corrected chi connectivity index (χ4v) is 4.96. The molecule has 4 aromatic rings. The van der Waals surface area contributed by atoms with Crippen molar-refractivity contribution in [3.8, 4) is 17.2 Å². The first-order chi connectivity index (χ1) is 17.2. The SMILES string of the molecule is Cc1cc(Oc2ccc3nc(C(C)Oc4ccc(CC5SC(=O)NC5=O)cc4)[nH]c3c2)cc(C)c1N.Cl.Cl. The molecule has 0 aliphatic carbocycles. The van der Waals surface area contributed by atoms with Gasteiger partial charge >= 0.3 is 0 Å². The molecule has 11 heteroatoms. The first kappa shape index (κ1) is 29.2. The lowest BCUT2D eigenvalue weighted by molar-refractivity contribution is -0.118. The van der Waals surface area contributed by atoms with Crippen molar-refractivity contribution in [1.82, 2.24) is 15.3 Å². The van der Waals surface area contributed by atoms with Crippen LogP contribution in [-0.4, -0.2) is 26.4 Å². The number of hydrogen-bond acceptors (Lipinski definition) is 7. The van der Waals surface area contributed by atoms with E-state index in [1.165, 1.54) is 0 Å². The summed E-state index contributed by atoms with van der Waals surface area (Å²) < 4.78 is 12.1. The first-order valence-corrected chi connectivity index (χ1v) is 12.4. The highest BCUT2D eigenvalue weighted by Crippen LogP contribution is 2.30. The zero-order valence-electron chi connectivity index (χ0n) is 20.9. The molecule has 200 valence electrons. The summed E-state index contributed by atoms with van der Waals surface area (Å²) in [5.41, 5.74) is 11.4. The Bertz CT molecular complexity index is 1450. The van der Waals surface area contributed by atoms with E-state index in [0.717, 1.165) is 50.9 Å². The number of imide groups is 1. The second-order valence-electron chi connectivity index (χ2n) is 8.87. The topological polar surface area (TPSA) is 119 Å². The minimum absolute atomic E-state index is 0. The van der Waals surface area contributed by atoms with Crippen LogP contribution in [0.2, 0.25) is 0 Å². The van der Waals surface area contributed by atoms with Gasteiger partial charge in [-0.05, 0) is 80.3 Å². The number of imidazole rings is 1. The highest BCUT2D eigenvalue weighted by atomic mass is 35.5. The molecule has 8 nitrogen and oxygen atoms in total. The molecule has 2 unspecified atom stereocenters. The zero-order chi connectivity index (χ0) is 25.4. The molecule has 3 aromatic carbocycles. The number of nitrogen functional groups attached to an aromatic ring is 1. The second kappa shape index (κ2) is 12.0. The van der Waals surface area contributed by atoms with Gasteiger partial charge in [0.05, 0.1) is 16.3 Å². The number of fused-ring (bicyclic) bond motifs is 1. The van der Waals surface area contributed by atoms with E-state index in [-0.39, 0.29) is 47.3 Å². The molecule has 0 saturated carbocycles. The van der Waals surface area contributed by atoms with Gasteiger partial charge in [-0.15, -0.1) is 24.8 Å². The average Bonchev–Trinajstić information content (AvgIpc) is 3.40. The van der Waals surface area contributed by atoms with Crippen molar-refractivity contribution in [2.75, 3.05) is 5.73 Å². The minimum atomic E-state index is -0.388. The van der Waals surface area contributed by atoms with Gasteiger partial charge in [-0.3, -0.25) is 14.9 Å². The molecule has 5 rings (SSSR count). The van der Waals surface area contributed by atoms with Crippen LogP contribution in [-0.2, 0) is 11.2 Å². The van der Waals surface area contributed by atoms with Crippen LogP contribution in [0.1, 0.15) is 35.5 Å². The Kier molecular flexibility index (Phi) is 9.19. The van der Waals surface area contributed by atoms with Crippen molar-refractivity contribution in [2.24, 2.45) is 0 Å². The van der Waals surface area contributed by atoms with Crippen LogP contribution in [0.4, 0.5) is 10.5 Å². The number of nitrogens with zero attached hydrogens (tertiary/aromatic N) is 1. The molecule has 2 heterocycles. The molecule has 38 heavy (non-hydrogen) atoms. The fourth-order valence-electron chi connectivity index (χ4n) is 4.10. The number of anilines is 1. The summed E-state index contributed by atoms with van der Waals surface area (Å²) in [5, 5.41) is 1.63. The molecule has 0 bridgehead atoms. The summed E-state index contributed by atoms with van der Waals surface area (Å²) in [4.78, 5) is 31.1. The Morgan fingerprint density at radius 1 is 0.974 bits per heavy atom. The van der Waals surface area contributed by atoms with Gasteiger partial charge in [-0.2, -0.15) is 0 Å². The summed E-state index contributed by atoms with van der Waals surface area (Å²) in [6.07, 6.45) is 0.172. The lowest BCUT2D eigenvalue weighted by Crippen LogP contribution is -2.25. The third-order valence-electron chi connectivity index (χ3n) is 6.08. The summed E-state index contributed by atoms with van der Waals surface area (Å²) in [6, 6.07) is 17.1. The standard InChI is InChI=1S/C27H26N4O4S.2ClH/c1-14-10-20(11-15(2)24(14)28)35-19-8-9-21-22(13-19)30-25(29-21)16(3)34-18-6-4-17(5-7-18)12-23-26(32)31-27(33)36-23;;/h4-11,13,16,23H,12,28H2,1-3H3,(H,29,30)(H,31,32,33);2*1H. The van der Waals surface area contributed by atoms with Gasteiger partial charge in [0.15, 0.2) is 6.10 Å². The predicted molar refractivity (Wildman–Crippen MR) is 155 cm³/mol. The molecule has 2 atom stereocenters. The van der Waals surface area contributed by atoms with Crippen LogP contribution in [0, 0.1) is 13.8 Å². The number of thioether (sulfide) groups is 1. The van der Waals surface area contributed by atoms with Gasteiger partial charge in [0.25, 0.3) is 5.24 Å². The minimum Gasteiger partial charge on any atom is -0.483 e. The van der Waals surface area contributed by atoms with E-state index in [4.69, 9.17) is 15.2 Å². The van der Waals surface area contributed by atoms with Crippen molar-refractivity contribution < 1.29 is 19.1 Å². The lowest BCUT2D eigenvalue weighted by atomic mass is 10.1. The maximum Gasteiger partial charge on any atom is 0.286 e. The Balaban J connectivity index is 0.00000200. The molecule has 1 aliphatic rings. The highest BCUT2D eigenvalue weighted by molar-refractivity contribution is 8.15. The maximum absolute atomic E-state index is 11.8. The van der Waals surface area contributed by atoms with Crippen molar-refractivity contribution in [2.45, 2.75) is 38.5 Å². The van der Waals surface area contributed by atoms with E-state index in [1.807, 2.05) is 75.4 Å². The summed E-state index contributed by atoms with van der Waals surface area (Å²) in [5.74, 6) is 2.57. The lowest BCUT2D eigenvalue weighted by Gasteiger charge is -2.13. The van der Waals surface area contributed by atoms with E-state index >= 15 is 0 Å². The number of nitrogens with one attached hydrogen (secondary N) is 2. The Labute approximate surface area is 236 Å². The maximum atomic E-state index is 11.8. The third kappa shape index (κ3) is 6.35. The van der Waals surface area contributed by atoms with Gasteiger partial charge in [0.1, 0.15) is 23.1 Å². The molecule has 0 radical (unpaired) electrons. The molecule has 0 spiro atoms. The molecule has 1 fully saturated rings. The van der Waals surface area contributed by atoms with E-state index in [9.17, 15) is 9.59 Å². The number of aryl methyl sites for hydroxylation is 2. The van der Waals surface area contributed by atoms with Crippen molar-refractivity contribution in [3.63, 3.8) is 0 Å². The van der Waals surface area contributed by atoms with E-state index in [1.54, 1.807) is 0 Å². The van der Waals surface area contributed by atoms with Crippen LogP contribution in [0.3, 0.4) is 0 Å². The molecule has 4 N–H and O–H groups in total. The molecular weight excluding hydrogens is 547 g/mol. The van der Waals surface area contributed by atoms with E-state index < -0.39 is 0 Å². The average molecular weight is 576 g/mol. The number of benzene rings is 3. The van der Waals surface area contributed by atoms with Gasteiger partial charge < -0.3 is 20.2 Å². The molecule has 2 amide bonds. The van der Waals surface area contributed by atoms with Gasteiger partial charge in [0.2, 0.25) is 5.91 Å².